The van der Waals surface area contributed by atoms with Crippen molar-refractivity contribution in [1.29, 1.82) is 0 Å². The van der Waals surface area contributed by atoms with Gasteiger partial charge in [0.25, 0.3) is 0 Å². The summed E-state index contributed by atoms with van der Waals surface area (Å²) in [5.41, 5.74) is 6.18. The van der Waals surface area contributed by atoms with E-state index in [1.807, 2.05) is 0 Å². The molecule has 0 aliphatic heterocycles. The number of hydrogen-bond donors (Lipinski definition) is 1. The van der Waals surface area contributed by atoms with Crippen LogP contribution in [-0.4, -0.2) is 9.55 Å². The van der Waals surface area contributed by atoms with Gasteiger partial charge in [-0.2, -0.15) is 0 Å². The normalized spacial score (nSPS) is 9.67. The van der Waals surface area contributed by atoms with Crippen LogP contribution >= 0.6 is 12.4 Å². The minimum absolute atomic E-state index is 0. The van der Waals surface area contributed by atoms with Crippen molar-refractivity contribution in [2.45, 2.75) is 6.54 Å². The molecule has 1 heterocycles. The van der Waals surface area contributed by atoms with E-state index in [2.05, 4.69) is 4.98 Å². The maximum Gasteiger partial charge on any atom is 0.200 e. The van der Waals surface area contributed by atoms with Crippen LogP contribution in [0.5, 0.6) is 0 Å². The average molecular weight is 228 g/mol. The number of imidazole rings is 1. The number of nitrogens with zero attached hydrogens (tertiary/aromatic N) is 2. The standard InChI is InChI=1S/C10H10FN3.ClH/c11-9-4-2-1-3-8(9)7-14-6-5-13-10(14)12;/h1-6H,7H2,(H2,12,13);1H. The van der Waals surface area contributed by atoms with Crippen molar-refractivity contribution in [1.82, 2.24) is 9.55 Å². The molecule has 0 fully saturated rings. The van der Waals surface area contributed by atoms with E-state index in [9.17, 15) is 4.39 Å². The second-order valence-electron chi connectivity index (χ2n) is 3.00. The summed E-state index contributed by atoms with van der Waals surface area (Å²) in [7, 11) is 0. The third-order valence-corrected chi connectivity index (χ3v) is 2.05. The minimum Gasteiger partial charge on any atom is -0.369 e. The largest absolute Gasteiger partial charge is 0.369 e. The molecule has 80 valence electrons. The Labute approximate surface area is 93.2 Å². The monoisotopic (exact) mass is 227 g/mol. The molecular formula is C10H11ClFN3. The predicted octanol–water partition coefficient (Wildman–Crippen LogP) is 2.07. The molecule has 2 N–H and O–H groups in total. The van der Waals surface area contributed by atoms with Gasteiger partial charge < -0.3 is 10.3 Å². The summed E-state index contributed by atoms with van der Waals surface area (Å²) in [6, 6.07) is 6.62. The van der Waals surface area contributed by atoms with E-state index < -0.39 is 0 Å². The summed E-state index contributed by atoms with van der Waals surface area (Å²) < 4.78 is 14.9. The molecule has 0 unspecified atom stereocenters. The molecule has 0 radical (unpaired) electrons. The van der Waals surface area contributed by atoms with Gasteiger partial charge >= 0.3 is 0 Å². The van der Waals surface area contributed by atoms with E-state index in [-0.39, 0.29) is 18.2 Å². The Bertz CT molecular complexity index is 442. The first-order valence-corrected chi connectivity index (χ1v) is 4.27. The van der Waals surface area contributed by atoms with Crippen molar-refractivity contribution >= 4 is 18.4 Å². The van der Waals surface area contributed by atoms with E-state index in [1.54, 1.807) is 35.2 Å². The van der Waals surface area contributed by atoms with Crippen LogP contribution in [0.4, 0.5) is 10.3 Å². The van der Waals surface area contributed by atoms with Crippen LogP contribution in [0.1, 0.15) is 5.56 Å². The second-order valence-corrected chi connectivity index (χ2v) is 3.00. The van der Waals surface area contributed by atoms with Gasteiger partial charge in [0.2, 0.25) is 0 Å². The first-order chi connectivity index (χ1) is 6.77. The van der Waals surface area contributed by atoms with Gasteiger partial charge in [0, 0.05) is 18.0 Å². The zero-order chi connectivity index (χ0) is 9.97. The topological polar surface area (TPSA) is 43.8 Å². The van der Waals surface area contributed by atoms with Crippen LogP contribution in [0, 0.1) is 5.82 Å². The smallest absolute Gasteiger partial charge is 0.200 e. The van der Waals surface area contributed by atoms with Crippen molar-refractivity contribution in [3.63, 3.8) is 0 Å². The van der Waals surface area contributed by atoms with Gasteiger partial charge in [0.1, 0.15) is 5.82 Å². The molecule has 2 rings (SSSR count). The lowest BCUT2D eigenvalue weighted by atomic mass is 10.2. The Balaban J connectivity index is 0.00000112. The number of hydrogen-bond acceptors (Lipinski definition) is 2. The molecule has 1 aromatic carbocycles. The zero-order valence-corrected chi connectivity index (χ0v) is 8.75. The van der Waals surface area contributed by atoms with Crippen molar-refractivity contribution in [3.05, 3.63) is 48.0 Å². The molecule has 15 heavy (non-hydrogen) atoms. The van der Waals surface area contributed by atoms with Gasteiger partial charge in [-0.3, -0.25) is 0 Å². The highest BCUT2D eigenvalue weighted by Gasteiger charge is 2.03. The van der Waals surface area contributed by atoms with Crippen LogP contribution in [0.25, 0.3) is 0 Å². The minimum atomic E-state index is -0.222. The van der Waals surface area contributed by atoms with Crippen LogP contribution in [-0.2, 0) is 6.54 Å². The maximum absolute atomic E-state index is 13.2. The third kappa shape index (κ3) is 2.47. The van der Waals surface area contributed by atoms with E-state index in [0.29, 0.717) is 18.1 Å². The zero-order valence-electron chi connectivity index (χ0n) is 7.93. The molecule has 1 aromatic heterocycles. The van der Waals surface area contributed by atoms with Crippen molar-refractivity contribution in [2.75, 3.05) is 5.73 Å². The number of aromatic nitrogens is 2. The van der Waals surface area contributed by atoms with Crippen LogP contribution in [0.15, 0.2) is 36.7 Å². The van der Waals surface area contributed by atoms with Crippen molar-refractivity contribution in [2.24, 2.45) is 0 Å². The van der Waals surface area contributed by atoms with E-state index in [1.165, 1.54) is 6.07 Å². The van der Waals surface area contributed by atoms with E-state index in [0.717, 1.165) is 0 Å². The fourth-order valence-electron chi connectivity index (χ4n) is 1.28. The Morgan fingerprint density at radius 1 is 1.33 bits per heavy atom. The Hall–Kier alpha value is -1.55. The molecule has 0 saturated carbocycles. The Kier molecular flexibility index (Phi) is 3.68. The van der Waals surface area contributed by atoms with E-state index in [4.69, 9.17) is 5.73 Å². The average Bonchev–Trinajstić information content (AvgIpc) is 2.56. The van der Waals surface area contributed by atoms with Crippen molar-refractivity contribution in [3.8, 4) is 0 Å². The molecule has 0 saturated heterocycles. The Morgan fingerprint density at radius 2 is 2.07 bits per heavy atom. The fourth-order valence-corrected chi connectivity index (χ4v) is 1.28. The van der Waals surface area contributed by atoms with Crippen LogP contribution in [0.3, 0.4) is 0 Å². The van der Waals surface area contributed by atoms with Gasteiger partial charge in [0.15, 0.2) is 5.95 Å². The first-order valence-electron chi connectivity index (χ1n) is 4.27. The molecule has 0 amide bonds. The van der Waals surface area contributed by atoms with Gasteiger partial charge in [-0.1, -0.05) is 18.2 Å². The lowest BCUT2D eigenvalue weighted by Crippen LogP contribution is -2.04. The number of nitrogens with two attached hydrogens (primary N) is 1. The second kappa shape index (κ2) is 4.79. The SMILES string of the molecule is Cl.Nc1nccn1Cc1ccccc1F. The number of benzene rings is 1. The van der Waals surface area contributed by atoms with Gasteiger partial charge in [-0.25, -0.2) is 9.37 Å². The molecule has 0 aliphatic carbocycles. The molecule has 3 nitrogen and oxygen atoms in total. The Morgan fingerprint density at radius 3 is 2.67 bits per heavy atom. The quantitative estimate of drug-likeness (QED) is 0.854. The predicted molar refractivity (Wildman–Crippen MR) is 59.4 cm³/mol. The molecule has 2 aromatic rings. The van der Waals surface area contributed by atoms with Crippen molar-refractivity contribution < 1.29 is 4.39 Å². The summed E-state index contributed by atoms with van der Waals surface area (Å²) in [5.74, 6) is 0.175. The number of halogens is 2. The van der Waals surface area contributed by atoms with E-state index >= 15 is 0 Å². The molecule has 0 aliphatic rings. The van der Waals surface area contributed by atoms with Crippen LogP contribution in [0.2, 0.25) is 0 Å². The molecule has 0 bridgehead atoms. The summed E-state index contributed by atoms with van der Waals surface area (Å²) in [4.78, 5) is 3.86. The summed E-state index contributed by atoms with van der Waals surface area (Å²) in [6.07, 6.45) is 3.32. The highest BCUT2D eigenvalue weighted by atomic mass is 35.5. The highest BCUT2D eigenvalue weighted by Crippen LogP contribution is 2.10. The molecule has 0 spiro atoms. The summed E-state index contributed by atoms with van der Waals surface area (Å²) in [6.45, 7) is 0.415. The lowest BCUT2D eigenvalue weighted by Gasteiger charge is -2.05. The molecular weight excluding hydrogens is 217 g/mol. The summed E-state index contributed by atoms with van der Waals surface area (Å²) >= 11 is 0. The van der Waals surface area contributed by atoms with Gasteiger partial charge in [-0.05, 0) is 6.07 Å². The molecule has 5 heteroatoms. The number of anilines is 1. The van der Waals surface area contributed by atoms with Crippen LogP contribution < -0.4 is 5.73 Å². The maximum atomic E-state index is 13.2. The first kappa shape index (κ1) is 11.5. The fraction of sp³-hybridized carbons (Fsp3) is 0.100. The van der Waals surface area contributed by atoms with Gasteiger partial charge in [-0.15, -0.1) is 12.4 Å². The lowest BCUT2D eigenvalue weighted by molar-refractivity contribution is 0.600. The highest BCUT2D eigenvalue weighted by molar-refractivity contribution is 5.85. The third-order valence-electron chi connectivity index (χ3n) is 2.05. The summed E-state index contributed by atoms with van der Waals surface area (Å²) in [5, 5.41) is 0. The number of nitrogen functional groups attached to an aromatic ring is 1. The number of rotatable bonds is 2. The van der Waals surface area contributed by atoms with Gasteiger partial charge in [0.05, 0.1) is 6.54 Å². The molecule has 0 atom stereocenters.